The van der Waals surface area contributed by atoms with Gasteiger partial charge in [0.25, 0.3) is 23.6 Å². The Morgan fingerprint density at radius 1 is 0.500 bits per heavy atom. The maximum absolute atomic E-state index is 13.4. The molecule has 4 atom stereocenters. The molecule has 0 bridgehead atoms. The van der Waals surface area contributed by atoms with E-state index in [1.807, 2.05) is 0 Å². The van der Waals surface area contributed by atoms with Crippen LogP contribution in [-0.4, -0.2) is 47.3 Å². The van der Waals surface area contributed by atoms with E-state index in [9.17, 15) is 28.8 Å². The fourth-order valence-electron chi connectivity index (χ4n) is 6.17. The second kappa shape index (κ2) is 21.8. The molecule has 64 heavy (non-hydrogen) atoms. The molecule has 0 heterocycles. The first kappa shape index (κ1) is 48.7. The van der Waals surface area contributed by atoms with Crippen molar-refractivity contribution in [3.8, 4) is 0 Å². The van der Waals surface area contributed by atoms with Crippen LogP contribution in [0.25, 0.3) is 0 Å². The van der Waals surface area contributed by atoms with Crippen molar-refractivity contribution in [1.82, 2.24) is 0 Å². The first-order valence-corrected chi connectivity index (χ1v) is 21.2. The summed E-state index contributed by atoms with van der Waals surface area (Å²) in [7, 11) is 0. The second-order valence-corrected chi connectivity index (χ2v) is 16.7. The molecule has 330 valence electrons. The summed E-state index contributed by atoms with van der Waals surface area (Å²) in [6.45, 7) is 9.25. The zero-order chi connectivity index (χ0) is 46.8. The van der Waals surface area contributed by atoms with Gasteiger partial charge in [-0.25, -0.2) is 0 Å². The number of benzene rings is 5. The van der Waals surface area contributed by atoms with Crippen molar-refractivity contribution in [3.63, 3.8) is 0 Å². The highest BCUT2D eigenvalue weighted by atomic mass is 35.5. The average Bonchev–Trinajstić information content (AvgIpc) is 3.23. The number of hydrogen-bond donors (Lipinski definition) is 4. The quantitative estimate of drug-likeness (QED) is 0.0431. The predicted molar refractivity (Wildman–Crippen MR) is 251 cm³/mol. The molecule has 18 heteroatoms. The Hall–Kier alpha value is -6.32. The van der Waals surface area contributed by atoms with Crippen LogP contribution < -0.4 is 21.3 Å². The van der Waals surface area contributed by atoms with Crippen LogP contribution in [0.2, 0.25) is 10.0 Å². The largest absolute Gasteiger partial charge is 0.324 e. The molecule has 0 spiro atoms. The lowest BCUT2D eigenvalue weighted by Gasteiger charge is -2.16. The van der Waals surface area contributed by atoms with E-state index in [4.69, 9.17) is 46.4 Å². The SMILES string of the molecule is CC(=O)C(N=Nc1ccc(Cl)c(C(=O)Nc2ccccc2C(C)Cl)c1)C(=O)Nc1cc(C)c(NC(=O)C(N=Nc2ccc(Cl)c(C(=O)Nc3ccccc3C(C)Cl)c2)C(C)=O)cc1C. The van der Waals surface area contributed by atoms with E-state index in [0.29, 0.717) is 45.0 Å². The van der Waals surface area contributed by atoms with E-state index in [-0.39, 0.29) is 43.3 Å². The van der Waals surface area contributed by atoms with Gasteiger partial charge in [0.15, 0.2) is 11.6 Å². The molecule has 0 aliphatic rings. The molecule has 4 unspecified atom stereocenters. The Morgan fingerprint density at radius 2 is 0.859 bits per heavy atom. The monoisotopic (exact) mass is 942 g/mol. The molecule has 0 radical (unpaired) electrons. The van der Waals surface area contributed by atoms with Crippen molar-refractivity contribution in [1.29, 1.82) is 0 Å². The Morgan fingerprint density at radius 3 is 1.20 bits per heavy atom. The van der Waals surface area contributed by atoms with Gasteiger partial charge in [-0.05, 0) is 124 Å². The molecule has 5 rings (SSSR count). The fourth-order valence-corrected chi connectivity index (χ4v) is 6.95. The summed E-state index contributed by atoms with van der Waals surface area (Å²) in [6, 6.07) is 22.7. The van der Waals surface area contributed by atoms with Crippen LogP contribution in [0.5, 0.6) is 0 Å². The lowest BCUT2D eigenvalue weighted by Crippen LogP contribution is -2.32. The van der Waals surface area contributed by atoms with E-state index >= 15 is 0 Å². The summed E-state index contributed by atoms with van der Waals surface area (Å²) >= 11 is 25.3. The number of anilines is 4. The molecular formula is C46H42Cl4N8O6. The number of carbonyl (C=O) groups excluding carboxylic acids is 6. The standard InChI is InChI=1S/C46H42Cl4N8O6/c1-23-19-40(54-46(64)42(28(6)60)58-56-30-16-18-36(50)34(22-30)44(62)52-38-14-10-8-12-32(38)26(4)48)24(2)20-39(23)53-45(63)41(27(5)59)57-55-29-15-17-35(49)33(21-29)43(61)51-37-13-9-7-11-31(37)25(3)47/h7-22,25-26,41-42H,1-6H3,(H,51,61)(H,52,62)(H,53,63)(H,54,64). The number of nitrogens with one attached hydrogen (secondary N) is 4. The summed E-state index contributed by atoms with van der Waals surface area (Å²) < 4.78 is 0. The van der Waals surface area contributed by atoms with Crippen molar-refractivity contribution >= 4 is 116 Å². The highest BCUT2D eigenvalue weighted by Gasteiger charge is 2.27. The first-order valence-electron chi connectivity index (χ1n) is 19.6. The number of para-hydroxylation sites is 2. The summed E-state index contributed by atoms with van der Waals surface area (Å²) in [5.74, 6) is -3.86. The Labute approximate surface area is 389 Å². The third-order valence-corrected chi connectivity index (χ3v) is 10.7. The number of Topliss-reactive ketones (excluding diaryl/α,β-unsaturated/α-hetero) is 2. The fraction of sp³-hybridized carbons (Fsp3) is 0.217. The third-order valence-electron chi connectivity index (χ3n) is 9.60. The molecule has 0 aliphatic heterocycles. The lowest BCUT2D eigenvalue weighted by molar-refractivity contribution is -0.127. The number of amides is 4. The molecule has 5 aromatic carbocycles. The number of halogens is 4. The van der Waals surface area contributed by atoms with Gasteiger partial charge in [-0.2, -0.15) is 20.5 Å². The number of rotatable bonds is 16. The van der Waals surface area contributed by atoms with Gasteiger partial charge in [-0.1, -0.05) is 59.6 Å². The highest BCUT2D eigenvalue weighted by Crippen LogP contribution is 2.32. The Kier molecular flexibility index (Phi) is 16.6. The number of hydrogen-bond acceptors (Lipinski definition) is 10. The summed E-state index contributed by atoms with van der Waals surface area (Å²) in [6.07, 6.45) is 0. The van der Waals surface area contributed by atoms with E-state index in [1.165, 1.54) is 50.2 Å². The van der Waals surface area contributed by atoms with Gasteiger partial charge < -0.3 is 21.3 Å². The lowest BCUT2D eigenvalue weighted by atomic mass is 10.1. The maximum Gasteiger partial charge on any atom is 0.258 e. The van der Waals surface area contributed by atoms with E-state index < -0.39 is 47.3 Å². The Balaban J connectivity index is 1.26. The van der Waals surface area contributed by atoms with Gasteiger partial charge in [0.1, 0.15) is 0 Å². The number of carbonyl (C=O) groups is 6. The minimum absolute atomic E-state index is 0.0764. The van der Waals surface area contributed by atoms with Gasteiger partial charge in [0.05, 0.1) is 43.3 Å². The van der Waals surface area contributed by atoms with Crippen molar-refractivity contribution in [2.45, 2.75) is 64.4 Å². The van der Waals surface area contributed by atoms with Gasteiger partial charge in [0.2, 0.25) is 12.1 Å². The molecular weight excluding hydrogens is 902 g/mol. The smallest absolute Gasteiger partial charge is 0.258 e. The molecule has 4 amide bonds. The Bertz CT molecular complexity index is 2520. The van der Waals surface area contributed by atoms with Gasteiger partial charge in [0, 0.05) is 22.7 Å². The molecule has 0 saturated carbocycles. The van der Waals surface area contributed by atoms with Crippen LogP contribution >= 0.6 is 46.4 Å². The van der Waals surface area contributed by atoms with E-state index in [2.05, 4.69) is 41.7 Å². The van der Waals surface area contributed by atoms with Gasteiger partial charge >= 0.3 is 0 Å². The highest BCUT2D eigenvalue weighted by molar-refractivity contribution is 6.35. The third kappa shape index (κ3) is 12.4. The molecule has 0 saturated heterocycles. The predicted octanol–water partition coefficient (Wildman–Crippen LogP) is 12.1. The van der Waals surface area contributed by atoms with Gasteiger partial charge in [-0.3, -0.25) is 28.8 Å². The topological polar surface area (TPSA) is 200 Å². The maximum atomic E-state index is 13.4. The number of aryl methyl sites for hydroxylation is 2. The summed E-state index contributed by atoms with van der Waals surface area (Å²) in [4.78, 5) is 78.6. The van der Waals surface area contributed by atoms with Crippen molar-refractivity contribution in [2.75, 3.05) is 21.3 Å². The number of azo groups is 2. The van der Waals surface area contributed by atoms with E-state index in [1.54, 1.807) is 88.4 Å². The molecule has 5 aromatic rings. The van der Waals surface area contributed by atoms with Crippen molar-refractivity contribution in [2.24, 2.45) is 20.5 Å². The summed E-state index contributed by atoms with van der Waals surface area (Å²) in [5.41, 5.74) is 4.49. The van der Waals surface area contributed by atoms with Crippen LogP contribution in [0.1, 0.15) is 81.4 Å². The van der Waals surface area contributed by atoms with E-state index in [0.717, 1.165) is 0 Å². The zero-order valence-electron chi connectivity index (χ0n) is 35.3. The molecule has 0 aliphatic carbocycles. The average molecular weight is 945 g/mol. The van der Waals surface area contributed by atoms with Crippen molar-refractivity contribution < 1.29 is 28.8 Å². The van der Waals surface area contributed by atoms with Crippen molar-refractivity contribution in [3.05, 3.63) is 140 Å². The zero-order valence-corrected chi connectivity index (χ0v) is 38.3. The number of nitrogens with zero attached hydrogens (tertiary/aromatic N) is 4. The molecule has 4 N–H and O–H groups in total. The normalized spacial score (nSPS) is 13.2. The molecule has 0 fully saturated rings. The molecule has 14 nitrogen and oxygen atoms in total. The minimum atomic E-state index is -1.56. The first-order chi connectivity index (χ1) is 30.3. The molecule has 0 aromatic heterocycles. The van der Waals surface area contributed by atoms with Crippen LogP contribution in [0, 0.1) is 13.8 Å². The van der Waals surface area contributed by atoms with Crippen LogP contribution in [-0.2, 0) is 19.2 Å². The van der Waals surface area contributed by atoms with Gasteiger partial charge in [-0.15, -0.1) is 23.2 Å². The van der Waals surface area contributed by atoms with Crippen LogP contribution in [0.3, 0.4) is 0 Å². The minimum Gasteiger partial charge on any atom is -0.324 e. The summed E-state index contributed by atoms with van der Waals surface area (Å²) in [5, 5.41) is 26.7. The second-order valence-electron chi connectivity index (χ2n) is 14.6. The number of ketones is 2. The van der Waals surface area contributed by atoms with Crippen LogP contribution in [0.15, 0.2) is 118 Å². The van der Waals surface area contributed by atoms with Crippen LogP contribution in [0.4, 0.5) is 34.1 Å². The number of alkyl halides is 2.